The van der Waals surface area contributed by atoms with Crippen LogP contribution < -0.4 is 0 Å². The summed E-state index contributed by atoms with van der Waals surface area (Å²) < 4.78 is 25.3. The molecule has 0 aromatic heterocycles. The molecule has 5 heteroatoms. The van der Waals surface area contributed by atoms with E-state index in [0.717, 1.165) is 37.8 Å². The second kappa shape index (κ2) is 8.19. The molecule has 1 saturated heterocycles. The van der Waals surface area contributed by atoms with Crippen molar-refractivity contribution in [3.05, 3.63) is 29.8 Å². The zero-order valence-corrected chi connectivity index (χ0v) is 16.5. The summed E-state index contributed by atoms with van der Waals surface area (Å²) in [6.45, 7) is 8.17. The molecule has 0 unspecified atom stereocenters. The molecule has 0 spiro atoms. The molecule has 0 bridgehead atoms. The van der Waals surface area contributed by atoms with Gasteiger partial charge >= 0.3 is 0 Å². The third-order valence-corrected chi connectivity index (χ3v) is 7.82. The van der Waals surface area contributed by atoms with Crippen molar-refractivity contribution < 1.29 is 8.42 Å². The minimum atomic E-state index is -3.21. The van der Waals surface area contributed by atoms with E-state index in [-0.39, 0.29) is 11.8 Å². The van der Waals surface area contributed by atoms with Crippen LogP contribution in [0.1, 0.15) is 44.6 Å². The van der Waals surface area contributed by atoms with E-state index >= 15 is 0 Å². The number of aryl methyl sites for hydroxylation is 1. The first kappa shape index (κ1) is 18.9. The Morgan fingerprint density at radius 2 is 1.60 bits per heavy atom. The molecule has 140 valence electrons. The van der Waals surface area contributed by atoms with Gasteiger partial charge in [0, 0.05) is 38.3 Å². The third kappa shape index (κ3) is 4.83. The molecule has 1 heterocycles. The van der Waals surface area contributed by atoms with Gasteiger partial charge in [0.2, 0.25) is 0 Å². The molecule has 3 rings (SSSR count). The first-order chi connectivity index (χ1) is 12.0. The van der Waals surface area contributed by atoms with Gasteiger partial charge in [0.1, 0.15) is 0 Å². The summed E-state index contributed by atoms with van der Waals surface area (Å²) in [7, 11) is -3.21. The summed E-state index contributed by atoms with van der Waals surface area (Å²) in [4.78, 5) is 5.44. The summed E-state index contributed by atoms with van der Waals surface area (Å²) in [5.41, 5.74) is 1.09. The lowest BCUT2D eigenvalue weighted by Crippen LogP contribution is -2.54. The number of sulfone groups is 1. The second-order valence-electron chi connectivity index (χ2n) is 7.81. The van der Waals surface area contributed by atoms with E-state index in [4.69, 9.17) is 0 Å². The normalized spacial score (nSPS) is 22.8. The van der Waals surface area contributed by atoms with Crippen LogP contribution in [0.25, 0.3) is 0 Å². The molecule has 1 atom stereocenters. The topological polar surface area (TPSA) is 40.6 Å². The summed E-state index contributed by atoms with van der Waals surface area (Å²) in [5, 5.41) is 0. The zero-order chi connectivity index (χ0) is 17.9. The SMILES string of the molecule is Cc1ccc(S(=O)(=O)C[C@H](C)N2CCN(C3CCCCC3)CC2)cc1. The molecule has 2 fully saturated rings. The Labute approximate surface area is 153 Å². The van der Waals surface area contributed by atoms with Gasteiger partial charge in [-0.2, -0.15) is 0 Å². The average Bonchev–Trinajstić information content (AvgIpc) is 2.62. The van der Waals surface area contributed by atoms with E-state index in [1.807, 2.05) is 19.1 Å². The van der Waals surface area contributed by atoms with Crippen molar-refractivity contribution in [2.75, 3.05) is 31.9 Å². The largest absolute Gasteiger partial charge is 0.298 e. The van der Waals surface area contributed by atoms with Crippen molar-refractivity contribution in [1.82, 2.24) is 9.80 Å². The fourth-order valence-corrected chi connectivity index (χ4v) is 5.84. The maximum atomic E-state index is 12.7. The maximum Gasteiger partial charge on any atom is 0.179 e. The van der Waals surface area contributed by atoms with Crippen LogP contribution in [0.3, 0.4) is 0 Å². The van der Waals surface area contributed by atoms with Crippen LogP contribution in [-0.4, -0.2) is 62.2 Å². The van der Waals surface area contributed by atoms with Crippen molar-refractivity contribution in [2.24, 2.45) is 0 Å². The van der Waals surface area contributed by atoms with Gasteiger partial charge in [0.05, 0.1) is 10.6 Å². The molecule has 0 amide bonds. The highest BCUT2D eigenvalue weighted by molar-refractivity contribution is 7.91. The molecular formula is C20H32N2O2S. The fraction of sp³-hybridized carbons (Fsp3) is 0.700. The van der Waals surface area contributed by atoms with Crippen molar-refractivity contribution in [2.45, 2.75) is 62.9 Å². The highest BCUT2D eigenvalue weighted by atomic mass is 32.2. The number of benzene rings is 1. The van der Waals surface area contributed by atoms with Gasteiger partial charge in [-0.25, -0.2) is 8.42 Å². The summed E-state index contributed by atoms with van der Waals surface area (Å²) in [6.07, 6.45) is 6.82. The van der Waals surface area contributed by atoms with E-state index in [0.29, 0.717) is 4.90 Å². The molecular weight excluding hydrogens is 332 g/mol. The molecule has 25 heavy (non-hydrogen) atoms. The Bertz CT molecular complexity index is 643. The average molecular weight is 365 g/mol. The highest BCUT2D eigenvalue weighted by Gasteiger charge is 2.29. The Kier molecular flexibility index (Phi) is 6.18. The van der Waals surface area contributed by atoms with Crippen LogP contribution in [0.2, 0.25) is 0 Å². The van der Waals surface area contributed by atoms with Crippen LogP contribution in [0.15, 0.2) is 29.2 Å². The number of hydrogen-bond acceptors (Lipinski definition) is 4. The molecule has 4 nitrogen and oxygen atoms in total. The van der Waals surface area contributed by atoms with Crippen molar-refractivity contribution >= 4 is 9.84 Å². The smallest absolute Gasteiger partial charge is 0.179 e. The minimum Gasteiger partial charge on any atom is -0.298 e. The van der Waals surface area contributed by atoms with Crippen LogP contribution in [-0.2, 0) is 9.84 Å². The molecule has 1 saturated carbocycles. The summed E-state index contributed by atoms with van der Waals surface area (Å²) in [6, 6.07) is 8.06. The van der Waals surface area contributed by atoms with Crippen molar-refractivity contribution in [3.8, 4) is 0 Å². The molecule has 0 radical (unpaired) electrons. The van der Waals surface area contributed by atoms with Crippen LogP contribution in [0, 0.1) is 6.92 Å². The standard InChI is InChI=1S/C20H32N2O2S/c1-17-8-10-20(11-9-17)25(23,24)16-18(2)21-12-14-22(15-13-21)19-6-4-3-5-7-19/h8-11,18-19H,3-7,12-16H2,1-2H3/t18-/m0/s1. The monoisotopic (exact) mass is 364 g/mol. The van der Waals surface area contributed by atoms with Gasteiger partial charge in [-0.1, -0.05) is 37.0 Å². The van der Waals surface area contributed by atoms with Gasteiger partial charge in [-0.05, 0) is 38.8 Å². The highest BCUT2D eigenvalue weighted by Crippen LogP contribution is 2.24. The molecule has 1 aliphatic carbocycles. The van der Waals surface area contributed by atoms with Crippen LogP contribution in [0.5, 0.6) is 0 Å². The fourth-order valence-electron chi connectivity index (χ4n) is 4.25. The van der Waals surface area contributed by atoms with Gasteiger partial charge in [-0.3, -0.25) is 9.80 Å². The number of piperazine rings is 1. The lowest BCUT2D eigenvalue weighted by Gasteiger charge is -2.42. The minimum absolute atomic E-state index is 0.0693. The first-order valence-corrected chi connectivity index (χ1v) is 11.4. The van der Waals surface area contributed by atoms with Gasteiger partial charge < -0.3 is 0 Å². The van der Waals surface area contributed by atoms with Gasteiger partial charge in [0.25, 0.3) is 0 Å². The summed E-state index contributed by atoms with van der Waals surface area (Å²) >= 11 is 0. The number of nitrogens with zero attached hydrogens (tertiary/aromatic N) is 2. The van der Waals surface area contributed by atoms with Gasteiger partial charge in [0.15, 0.2) is 9.84 Å². The predicted octanol–water partition coefficient (Wildman–Crippen LogP) is 3.11. The van der Waals surface area contributed by atoms with E-state index < -0.39 is 9.84 Å². The van der Waals surface area contributed by atoms with E-state index in [1.165, 1.54) is 32.1 Å². The van der Waals surface area contributed by atoms with Crippen LogP contribution in [0.4, 0.5) is 0 Å². The van der Waals surface area contributed by atoms with E-state index in [2.05, 4.69) is 16.7 Å². The maximum absolute atomic E-state index is 12.7. The predicted molar refractivity (Wildman–Crippen MR) is 103 cm³/mol. The Balaban J connectivity index is 1.53. The lowest BCUT2D eigenvalue weighted by atomic mass is 9.94. The Morgan fingerprint density at radius 3 is 2.20 bits per heavy atom. The van der Waals surface area contributed by atoms with Crippen molar-refractivity contribution in [3.63, 3.8) is 0 Å². The number of rotatable bonds is 5. The molecule has 2 aliphatic rings. The Morgan fingerprint density at radius 1 is 1.00 bits per heavy atom. The van der Waals surface area contributed by atoms with Crippen LogP contribution >= 0.6 is 0 Å². The summed E-state index contributed by atoms with van der Waals surface area (Å²) in [5.74, 6) is 0.208. The zero-order valence-electron chi connectivity index (χ0n) is 15.7. The second-order valence-corrected chi connectivity index (χ2v) is 9.84. The van der Waals surface area contributed by atoms with E-state index in [1.54, 1.807) is 12.1 Å². The lowest BCUT2D eigenvalue weighted by molar-refractivity contribution is 0.0649. The third-order valence-electron chi connectivity index (χ3n) is 5.90. The van der Waals surface area contributed by atoms with Crippen molar-refractivity contribution in [1.29, 1.82) is 0 Å². The number of hydrogen-bond donors (Lipinski definition) is 0. The molecule has 1 aromatic rings. The Hall–Kier alpha value is -0.910. The quantitative estimate of drug-likeness (QED) is 0.805. The van der Waals surface area contributed by atoms with Gasteiger partial charge in [-0.15, -0.1) is 0 Å². The molecule has 1 aromatic carbocycles. The first-order valence-electron chi connectivity index (χ1n) is 9.73. The molecule has 1 aliphatic heterocycles. The molecule has 0 N–H and O–H groups in total. The van der Waals surface area contributed by atoms with E-state index in [9.17, 15) is 8.42 Å².